The third kappa shape index (κ3) is 5.87. The molecule has 2 nitrogen and oxygen atoms in total. The molecule has 0 aliphatic carbocycles. The summed E-state index contributed by atoms with van der Waals surface area (Å²) < 4.78 is 5.82. The SMILES string of the molecule is CCCNC(CCC1CCCCO1)C(C)(C)C. The molecule has 0 radical (unpaired) electrons. The average Bonchev–Trinajstić information content (AvgIpc) is 2.29. The second-order valence-electron chi connectivity index (χ2n) is 6.44. The fraction of sp³-hybridized carbons (Fsp3) is 1.00. The summed E-state index contributed by atoms with van der Waals surface area (Å²) in [6.45, 7) is 11.4. The molecule has 2 heteroatoms. The lowest BCUT2D eigenvalue weighted by molar-refractivity contribution is 0.00633. The molecule has 102 valence electrons. The van der Waals surface area contributed by atoms with Gasteiger partial charge < -0.3 is 10.1 Å². The lowest BCUT2D eigenvalue weighted by Crippen LogP contribution is -2.41. The van der Waals surface area contributed by atoms with E-state index in [9.17, 15) is 0 Å². The van der Waals surface area contributed by atoms with Gasteiger partial charge in [-0.15, -0.1) is 0 Å². The first kappa shape index (κ1) is 15.0. The van der Waals surface area contributed by atoms with E-state index in [0.29, 0.717) is 17.6 Å². The Morgan fingerprint density at radius 1 is 1.29 bits per heavy atom. The maximum atomic E-state index is 5.82. The summed E-state index contributed by atoms with van der Waals surface area (Å²) >= 11 is 0. The quantitative estimate of drug-likeness (QED) is 0.764. The summed E-state index contributed by atoms with van der Waals surface area (Å²) in [6.07, 6.45) is 8.09. The smallest absolute Gasteiger partial charge is 0.0575 e. The van der Waals surface area contributed by atoms with Crippen LogP contribution in [0.25, 0.3) is 0 Å². The second-order valence-corrected chi connectivity index (χ2v) is 6.44. The number of hydrogen-bond donors (Lipinski definition) is 1. The molecule has 0 aromatic carbocycles. The maximum absolute atomic E-state index is 5.82. The minimum atomic E-state index is 0.351. The highest BCUT2D eigenvalue weighted by Gasteiger charge is 2.25. The van der Waals surface area contributed by atoms with Crippen LogP contribution in [0.4, 0.5) is 0 Å². The molecule has 1 N–H and O–H groups in total. The summed E-state index contributed by atoms with van der Waals surface area (Å²) in [5.74, 6) is 0. The summed E-state index contributed by atoms with van der Waals surface area (Å²) in [5, 5.41) is 3.69. The van der Waals surface area contributed by atoms with E-state index in [2.05, 4.69) is 33.0 Å². The van der Waals surface area contributed by atoms with Crippen molar-refractivity contribution in [2.45, 2.75) is 78.4 Å². The fourth-order valence-electron chi connectivity index (χ4n) is 2.55. The molecule has 0 bridgehead atoms. The zero-order valence-electron chi connectivity index (χ0n) is 12.2. The molecular formula is C15H31NO. The summed E-state index contributed by atoms with van der Waals surface area (Å²) in [4.78, 5) is 0. The molecule has 1 saturated heterocycles. The molecule has 0 saturated carbocycles. The van der Waals surface area contributed by atoms with Crippen molar-refractivity contribution in [3.05, 3.63) is 0 Å². The van der Waals surface area contributed by atoms with Crippen LogP contribution >= 0.6 is 0 Å². The Morgan fingerprint density at radius 3 is 2.59 bits per heavy atom. The van der Waals surface area contributed by atoms with Gasteiger partial charge in [0.25, 0.3) is 0 Å². The first-order valence-corrected chi connectivity index (χ1v) is 7.39. The van der Waals surface area contributed by atoms with Gasteiger partial charge in [0, 0.05) is 12.6 Å². The number of ether oxygens (including phenoxy) is 1. The van der Waals surface area contributed by atoms with Gasteiger partial charge in [0.1, 0.15) is 0 Å². The summed E-state index contributed by atoms with van der Waals surface area (Å²) in [6, 6.07) is 0.618. The highest BCUT2D eigenvalue weighted by molar-refractivity contribution is 4.81. The third-order valence-electron chi connectivity index (χ3n) is 3.74. The van der Waals surface area contributed by atoms with Crippen LogP contribution < -0.4 is 5.32 Å². The maximum Gasteiger partial charge on any atom is 0.0575 e. The van der Waals surface area contributed by atoms with Crippen LogP contribution in [-0.2, 0) is 4.74 Å². The van der Waals surface area contributed by atoms with Crippen molar-refractivity contribution in [2.24, 2.45) is 5.41 Å². The Hall–Kier alpha value is -0.0800. The normalized spacial score (nSPS) is 23.6. The predicted octanol–water partition coefficient (Wildman–Crippen LogP) is 3.75. The van der Waals surface area contributed by atoms with Gasteiger partial charge in [-0.2, -0.15) is 0 Å². The van der Waals surface area contributed by atoms with Crippen LogP contribution in [0.2, 0.25) is 0 Å². The van der Waals surface area contributed by atoms with Gasteiger partial charge in [0.05, 0.1) is 6.10 Å². The largest absolute Gasteiger partial charge is 0.378 e. The lowest BCUT2D eigenvalue weighted by atomic mass is 9.83. The van der Waals surface area contributed by atoms with Crippen LogP contribution in [0.5, 0.6) is 0 Å². The van der Waals surface area contributed by atoms with Crippen LogP contribution in [0.1, 0.15) is 66.2 Å². The molecule has 1 aliphatic rings. The zero-order valence-corrected chi connectivity index (χ0v) is 12.2. The molecule has 1 rings (SSSR count). The van der Waals surface area contributed by atoms with E-state index < -0.39 is 0 Å². The van der Waals surface area contributed by atoms with Crippen molar-refractivity contribution < 1.29 is 4.74 Å². The Bertz CT molecular complexity index is 192. The van der Waals surface area contributed by atoms with Crippen LogP contribution in [0.15, 0.2) is 0 Å². The van der Waals surface area contributed by atoms with E-state index in [-0.39, 0.29) is 0 Å². The van der Waals surface area contributed by atoms with Crippen LogP contribution in [0.3, 0.4) is 0 Å². The first-order chi connectivity index (χ1) is 8.04. The van der Waals surface area contributed by atoms with Gasteiger partial charge in [-0.1, -0.05) is 27.7 Å². The standard InChI is InChI=1S/C15H31NO/c1-5-11-16-14(15(2,3)4)10-9-13-8-6-7-12-17-13/h13-14,16H,5-12H2,1-4H3. The lowest BCUT2D eigenvalue weighted by Gasteiger charge is -2.33. The van der Waals surface area contributed by atoms with E-state index in [1.807, 2.05) is 0 Å². The van der Waals surface area contributed by atoms with E-state index >= 15 is 0 Å². The minimum Gasteiger partial charge on any atom is -0.378 e. The summed E-state index contributed by atoms with van der Waals surface area (Å²) in [5.41, 5.74) is 0.351. The Kier molecular flexibility index (Phi) is 6.50. The van der Waals surface area contributed by atoms with E-state index in [4.69, 9.17) is 4.74 Å². The molecule has 17 heavy (non-hydrogen) atoms. The van der Waals surface area contributed by atoms with Gasteiger partial charge in [0.2, 0.25) is 0 Å². The van der Waals surface area contributed by atoms with Gasteiger partial charge in [-0.25, -0.2) is 0 Å². The Balaban J connectivity index is 2.31. The molecule has 1 aliphatic heterocycles. The van der Waals surface area contributed by atoms with E-state index in [1.54, 1.807) is 0 Å². The van der Waals surface area contributed by atoms with Crippen molar-refractivity contribution in [3.8, 4) is 0 Å². The van der Waals surface area contributed by atoms with E-state index in [1.165, 1.54) is 38.5 Å². The van der Waals surface area contributed by atoms with Crippen molar-refractivity contribution in [2.75, 3.05) is 13.2 Å². The van der Waals surface area contributed by atoms with Crippen molar-refractivity contribution >= 4 is 0 Å². The van der Waals surface area contributed by atoms with Crippen molar-refractivity contribution in [1.29, 1.82) is 0 Å². The van der Waals surface area contributed by atoms with Crippen molar-refractivity contribution in [3.63, 3.8) is 0 Å². The molecule has 0 spiro atoms. The highest BCUT2D eigenvalue weighted by Crippen LogP contribution is 2.26. The van der Waals surface area contributed by atoms with E-state index in [0.717, 1.165) is 13.2 Å². The topological polar surface area (TPSA) is 21.3 Å². The molecule has 0 amide bonds. The number of nitrogens with one attached hydrogen (secondary N) is 1. The first-order valence-electron chi connectivity index (χ1n) is 7.39. The Labute approximate surface area is 108 Å². The monoisotopic (exact) mass is 241 g/mol. The average molecular weight is 241 g/mol. The zero-order chi connectivity index (χ0) is 12.7. The van der Waals surface area contributed by atoms with Crippen molar-refractivity contribution in [1.82, 2.24) is 5.32 Å². The Morgan fingerprint density at radius 2 is 2.06 bits per heavy atom. The highest BCUT2D eigenvalue weighted by atomic mass is 16.5. The number of hydrogen-bond acceptors (Lipinski definition) is 2. The molecule has 0 aromatic heterocycles. The van der Waals surface area contributed by atoms with Crippen LogP contribution in [-0.4, -0.2) is 25.3 Å². The molecule has 2 atom stereocenters. The van der Waals surface area contributed by atoms with Gasteiger partial charge >= 0.3 is 0 Å². The summed E-state index contributed by atoms with van der Waals surface area (Å²) in [7, 11) is 0. The molecule has 0 aromatic rings. The minimum absolute atomic E-state index is 0.351. The second kappa shape index (κ2) is 7.38. The van der Waals surface area contributed by atoms with Gasteiger partial charge in [0.15, 0.2) is 0 Å². The van der Waals surface area contributed by atoms with Gasteiger partial charge in [-0.3, -0.25) is 0 Å². The molecule has 1 fully saturated rings. The molecular weight excluding hydrogens is 210 g/mol. The van der Waals surface area contributed by atoms with Gasteiger partial charge in [-0.05, 0) is 50.5 Å². The van der Waals surface area contributed by atoms with Crippen LogP contribution in [0, 0.1) is 5.41 Å². The number of rotatable bonds is 6. The fourth-order valence-corrected chi connectivity index (χ4v) is 2.55. The third-order valence-corrected chi connectivity index (χ3v) is 3.74. The molecule has 2 unspecified atom stereocenters. The predicted molar refractivity (Wildman–Crippen MR) is 74.4 cm³/mol. The molecule has 1 heterocycles.